The highest BCUT2D eigenvalue weighted by atomic mass is 35.5. The topological polar surface area (TPSA) is 73.1 Å². The number of nitrogens with zero attached hydrogens (tertiary/aromatic N) is 2. The fourth-order valence-electron chi connectivity index (χ4n) is 3.68. The van der Waals surface area contributed by atoms with Gasteiger partial charge < -0.3 is 5.32 Å². The van der Waals surface area contributed by atoms with E-state index in [0.717, 1.165) is 12.0 Å². The van der Waals surface area contributed by atoms with Gasteiger partial charge in [-0.15, -0.1) is 0 Å². The number of halogens is 1. The first-order valence-corrected chi connectivity index (χ1v) is 11.5. The van der Waals surface area contributed by atoms with Crippen LogP contribution >= 0.6 is 11.6 Å². The molecule has 6 nitrogen and oxygen atoms in total. The lowest BCUT2D eigenvalue weighted by molar-refractivity contribution is -0.121. The van der Waals surface area contributed by atoms with Crippen molar-refractivity contribution in [3.63, 3.8) is 0 Å². The number of nitrogens with one attached hydrogen (secondary N) is 1. The van der Waals surface area contributed by atoms with Gasteiger partial charge in [-0.05, 0) is 55.0 Å². The zero-order valence-electron chi connectivity index (χ0n) is 18.6. The van der Waals surface area contributed by atoms with Crippen molar-refractivity contribution in [2.75, 3.05) is 6.54 Å². The van der Waals surface area contributed by atoms with Crippen LogP contribution in [0.1, 0.15) is 45.1 Å². The molecule has 0 saturated heterocycles. The highest BCUT2D eigenvalue weighted by Gasteiger charge is 2.13. The summed E-state index contributed by atoms with van der Waals surface area (Å²) in [6.07, 6.45) is 2.52. The maximum Gasteiger partial charge on any atom is 0.331 e. The lowest BCUT2D eigenvalue weighted by Crippen LogP contribution is -2.40. The molecule has 3 aromatic rings. The van der Waals surface area contributed by atoms with E-state index in [9.17, 15) is 14.4 Å². The number of carbonyl (C=O) groups is 1. The maximum atomic E-state index is 13.2. The molecule has 170 valence electrons. The van der Waals surface area contributed by atoms with Crippen molar-refractivity contribution in [3.8, 4) is 0 Å². The van der Waals surface area contributed by atoms with Gasteiger partial charge in [-0.1, -0.05) is 49.7 Å². The highest BCUT2D eigenvalue weighted by Crippen LogP contribution is 2.14. The summed E-state index contributed by atoms with van der Waals surface area (Å²) in [6, 6.07) is 14.5. The van der Waals surface area contributed by atoms with Crippen LogP contribution in [0.5, 0.6) is 0 Å². The molecule has 3 rings (SSSR count). The normalized spacial score (nSPS) is 11.2. The minimum absolute atomic E-state index is 0.00914. The predicted molar refractivity (Wildman–Crippen MR) is 129 cm³/mol. The van der Waals surface area contributed by atoms with Crippen molar-refractivity contribution < 1.29 is 4.79 Å². The molecule has 0 bridgehead atoms. The molecule has 1 amide bonds. The molecule has 0 unspecified atom stereocenters. The summed E-state index contributed by atoms with van der Waals surface area (Å²) in [7, 11) is 0. The molecule has 0 fully saturated rings. The van der Waals surface area contributed by atoms with Crippen LogP contribution in [-0.4, -0.2) is 21.6 Å². The van der Waals surface area contributed by atoms with E-state index < -0.39 is 0 Å². The Kier molecular flexibility index (Phi) is 8.28. The third-order valence-electron chi connectivity index (χ3n) is 5.44. The molecule has 1 aromatic heterocycles. The Bertz CT molecular complexity index is 1200. The molecule has 32 heavy (non-hydrogen) atoms. The first kappa shape index (κ1) is 23.8. The van der Waals surface area contributed by atoms with Gasteiger partial charge in [0.25, 0.3) is 5.56 Å². The van der Waals surface area contributed by atoms with E-state index in [1.54, 1.807) is 28.8 Å². The molecule has 1 heterocycles. The van der Waals surface area contributed by atoms with Crippen LogP contribution in [-0.2, 0) is 17.9 Å². The van der Waals surface area contributed by atoms with E-state index in [-0.39, 0.29) is 23.7 Å². The number of rotatable bonds is 10. The van der Waals surface area contributed by atoms with Crippen molar-refractivity contribution in [3.05, 3.63) is 80.0 Å². The fourth-order valence-corrected chi connectivity index (χ4v) is 3.90. The number of hydrogen-bond acceptors (Lipinski definition) is 3. The van der Waals surface area contributed by atoms with Crippen molar-refractivity contribution in [2.24, 2.45) is 5.92 Å². The first-order valence-electron chi connectivity index (χ1n) is 11.1. The van der Waals surface area contributed by atoms with Gasteiger partial charge in [0.1, 0.15) is 0 Å². The van der Waals surface area contributed by atoms with Crippen LogP contribution < -0.4 is 16.6 Å². The molecule has 0 radical (unpaired) electrons. The smallest absolute Gasteiger partial charge is 0.331 e. The second-order valence-corrected chi connectivity index (χ2v) is 8.90. The minimum Gasteiger partial charge on any atom is -0.356 e. The molecular weight excluding hydrogens is 426 g/mol. The van der Waals surface area contributed by atoms with Crippen LogP contribution in [0.3, 0.4) is 0 Å². The number of hydrogen-bond donors (Lipinski definition) is 1. The number of carbonyl (C=O) groups excluding carboxylic acids is 1. The summed E-state index contributed by atoms with van der Waals surface area (Å²) in [6.45, 7) is 5.50. The number of fused-ring (bicyclic) bond motifs is 1. The molecule has 1 N–H and O–H groups in total. The van der Waals surface area contributed by atoms with Gasteiger partial charge >= 0.3 is 5.69 Å². The average molecular weight is 456 g/mol. The van der Waals surface area contributed by atoms with Crippen molar-refractivity contribution in [1.82, 2.24) is 14.5 Å². The summed E-state index contributed by atoms with van der Waals surface area (Å²) < 4.78 is 2.89. The minimum atomic E-state index is -0.352. The molecule has 0 aliphatic rings. The molecular formula is C25H30ClN3O3. The van der Waals surface area contributed by atoms with E-state index >= 15 is 0 Å². The monoisotopic (exact) mass is 455 g/mol. The average Bonchev–Trinajstić information content (AvgIpc) is 2.76. The lowest BCUT2D eigenvalue weighted by atomic mass is 10.1. The van der Waals surface area contributed by atoms with Gasteiger partial charge in [-0.25, -0.2) is 4.79 Å². The van der Waals surface area contributed by atoms with Crippen molar-refractivity contribution in [2.45, 2.75) is 52.6 Å². The number of aromatic nitrogens is 2. The Morgan fingerprint density at radius 2 is 1.81 bits per heavy atom. The largest absolute Gasteiger partial charge is 0.356 e. The zero-order chi connectivity index (χ0) is 23.1. The van der Waals surface area contributed by atoms with Crippen LogP contribution in [0.15, 0.2) is 58.1 Å². The standard InChI is InChI=1S/C25H30ClN3O3/c1-18(2)13-14-27-23(30)12-5-6-15-28-24(31)21-10-3-4-11-22(21)29(25(28)32)17-19-8-7-9-20(26)16-19/h3-4,7-11,16,18H,5-6,12-15,17H2,1-2H3,(H,27,30). The molecule has 0 aliphatic carbocycles. The second-order valence-electron chi connectivity index (χ2n) is 8.46. The quantitative estimate of drug-likeness (QED) is 0.466. The van der Waals surface area contributed by atoms with Gasteiger partial charge in [0.05, 0.1) is 17.4 Å². The van der Waals surface area contributed by atoms with Gasteiger partial charge in [0.15, 0.2) is 0 Å². The summed E-state index contributed by atoms with van der Waals surface area (Å²) >= 11 is 6.11. The summed E-state index contributed by atoms with van der Waals surface area (Å²) in [5, 5.41) is 4.01. The maximum absolute atomic E-state index is 13.2. The molecule has 0 atom stereocenters. The van der Waals surface area contributed by atoms with Crippen LogP contribution in [0, 0.1) is 5.92 Å². The molecule has 0 saturated carbocycles. The Morgan fingerprint density at radius 3 is 2.56 bits per heavy atom. The van der Waals surface area contributed by atoms with Gasteiger partial charge in [0.2, 0.25) is 5.91 Å². The van der Waals surface area contributed by atoms with Crippen molar-refractivity contribution in [1.29, 1.82) is 0 Å². The molecule has 0 spiro atoms. The van der Waals surface area contributed by atoms with Crippen molar-refractivity contribution >= 4 is 28.4 Å². The summed E-state index contributed by atoms with van der Waals surface area (Å²) in [4.78, 5) is 38.2. The van der Waals surface area contributed by atoms with E-state index in [4.69, 9.17) is 11.6 Å². The Hall–Kier alpha value is -2.86. The van der Waals surface area contributed by atoms with E-state index in [0.29, 0.717) is 54.2 Å². The van der Waals surface area contributed by atoms with Gasteiger partial charge in [0, 0.05) is 24.5 Å². The predicted octanol–water partition coefficient (Wildman–Crippen LogP) is 4.20. The summed E-state index contributed by atoms with van der Waals surface area (Å²) in [5.74, 6) is 0.555. The highest BCUT2D eigenvalue weighted by molar-refractivity contribution is 6.30. The second kappa shape index (κ2) is 11.1. The molecule has 7 heteroatoms. The molecule has 2 aromatic carbocycles. The summed E-state index contributed by atoms with van der Waals surface area (Å²) in [5.41, 5.74) is 0.834. The number of benzene rings is 2. The Balaban J connectivity index is 1.76. The van der Waals surface area contributed by atoms with Crippen LogP contribution in [0.2, 0.25) is 5.02 Å². The zero-order valence-corrected chi connectivity index (χ0v) is 19.4. The van der Waals surface area contributed by atoms with E-state index in [2.05, 4.69) is 19.2 Å². The van der Waals surface area contributed by atoms with Gasteiger partial charge in [-0.2, -0.15) is 0 Å². The number of unbranched alkanes of at least 4 members (excludes halogenated alkanes) is 1. The molecule has 0 aliphatic heterocycles. The van der Waals surface area contributed by atoms with Crippen LogP contribution in [0.25, 0.3) is 10.9 Å². The third-order valence-corrected chi connectivity index (χ3v) is 5.68. The van der Waals surface area contributed by atoms with Crippen LogP contribution in [0.4, 0.5) is 0 Å². The SMILES string of the molecule is CC(C)CCNC(=O)CCCCn1c(=O)c2ccccc2n(Cc2cccc(Cl)c2)c1=O. The fraction of sp³-hybridized carbons (Fsp3) is 0.400. The number of para-hydroxylation sites is 1. The Morgan fingerprint density at radius 1 is 1.03 bits per heavy atom. The third kappa shape index (κ3) is 6.10. The Labute approximate surface area is 192 Å². The van der Waals surface area contributed by atoms with E-state index in [1.807, 2.05) is 24.3 Å². The van der Waals surface area contributed by atoms with Gasteiger partial charge in [-0.3, -0.25) is 18.7 Å². The number of amides is 1. The van der Waals surface area contributed by atoms with E-state index in [1.165, 1.54) is 4.57 Å². The lowest BCUT2D eigenvalue weighted by Gasteiger charge is -2.14. The first-order chi connectivity index (χ1) is 15.4.